The molecule has 0 saturated carbocycles. The lowest BCUT2D eigenvalue weighted by molar-refractivity contribution is -0.119. The van der Waals surface area contributed by atoms with E-state index in [-0.39, 0.29) is 0 Å². The van der Waals surface area contributed by atoms with Crippen molar-refractivity contribution < 1.29 is 4.79 Å². The number of aryl methyl sites for hydroxylation is 1. The number of fused-ring (bicyclic) bond motifs is 1. The number of carbonyl (C=O) groups is 1. The fourth-order valence-electron chi connectivity index (χ4n) is 2.66. The molecule has 0 bridgehead atoms. The first-order valence-corrected chi connectivity index (χ1v) is 7.79. The van der Waals surface area contributed by atoms with Crippen LogP contribution in [0.25, 0.3) is 0 Å². The quantitative estimate of drug-likeness (QED) is 0.788. The second-order valence-electron chi connectivity index (χ2n) is 4.77. The SMILES string of the molecule is CSCCC(=O)CC1CCCc2ccccc21. The van der Waals surface area contributed by atoms with Gasteiger partial charge in [0.2, 0.25) is 0 Å². The summed E-state index contributed by atoms with van der Waals surface area (Å²) in [7, 11) is 0. The molecule has 0 fully saturated rings. The molecule has 1 atom stereocenters. The maximum absolute atomic E-state index is 11.9. The second kappa shape index (κ2) is 6.25. The van der Waals surface area contributed by atoms with Gasteiger partial charge in [-0.3, -0.25) is 4.79 Å². The number of hydrogen-bond donors (Lipinski definition) is 0. The highest BCUT2D eigenvalue weighted by molar-refractivity contribution is 7.98. The van der Waals surface area contributed by atoms with E-state index in [2.05, 4.69) is 30.5 Å². The van der Waals surface area contributed by atoms with Crippen LogP contribution in [0.3, 0.4) is 0 Å². The number of hydrogen-bond acceptors (Lipinski definition) is 2. The Hall–Kier alpha value is -0.760. The Morgan fingerprint density at radius 1 is 1.41 bits per heavy atom. The van der Waals surface area contributed by atoms with E-state index in [1.807, 2.05) is 0 Å². The Labute approximate surface area is 108 Å². The van der Waals surface area contributed by atoms with E-state index in [1.54, 1.807) is 11.8 Å². The van der Waals surface area contributed by atoms with Gasteiger partial charge in [-0.1, -0.05) is 24.3 Å². The normalized spacial score (nSPS) is 18.8. The number of benzene rings is 1. The molecule has 2 rings (SSSR count). The maximum atomic E-state index is 11.9. The Bertz CT molecular complexity index is 386. The summed E-state index contributed by atoms with van der Waals surface area (Å²) in [6.45, 7) is 0. The third kappa shape index (κ3) is 3.35. The Morgan fingerprint density at radius 3 is 3.06 bits per heavy atom. The van der Waals surface area contributed by atoms with Crippen LogP contribution < -0.4 is 0 Å². The Kier molecular flexibility index (Phi) is 4.66. The number of rotatable bonds is 5. The molecule has 1 unspecified atom stereocenters. The van der Waals surface area contributed by atoms with Crippen LogP contribution in [0.4, 0.5) is 0 Å². The van der Waals surface area contributed by atoms with Crippen molar-refractivity contribution in [1.82, 2.24) is 0 Å². The number of Topliss-reactive ketones (excluding diaryl/α,β-unsaturated/α-hetero) is 1. The highest BCUT2D eigenvalue weighted by atomic mass is 32.2. The van der Waals surface area contributed by atoms with Gasteiger partial charge in [0.25, 0.3) is 0 Å². The van der Waals surface area contributed by atoms with Crippen molar-refractivity contribution in [2.24, 2.45) is 0 Å². The van der Waals surface area contributed by atoms with E-state index in [0.29, 0.717) is 11.7 Å². The zero-order valence-corrected chi connectivity index (χ0v) is 11.3. The zero-order valence-electron chi connectivity index (χ0n) is 10.4. The summed E-state index contributed by atoms with van der Waals surface area (Å²) in [5.74, 6) is 1.88. The molecule has 1 aliphatic carbocycles. The van der Waals surface area contributed by atoms with Crippen LogP contribution in [0.2, 0.25) is 0 Å². The molecule has 1 aliphatic rings. The van der Waals surface area contributed by atoms with Gasteiger partial charge in [0.1, 0.15) is 5.78 Å². The Morgan fingerprint density at radius 2 is 2.24 bits per heavy atom. The summed E-state index contributed by atoms with van der Waals surface area (Å²) in [6.07, 6.45) is 7.14. The smallest absolute Gasteiger partial charge is 0.134 e. The predicted octanol–water partition coefficient (Wildman–Crippen LogP) is 3.82. The van der Waals surface area contributed by atoms with E-state index in [0.717, 1.165) is 18.6 Å². The van der Waals surface area contributed by atoms with Gasteiger partial charge < -0.3 is 0 Å². The van der Waals surface area contributed by atoms with Gasteiger partial charge in [-0.25, -0.2) is 0 Å². The molecular formula is C15H20OS. The summed E-state index contributed by atoms with van der Waals surface area (Å²) >= 11 is 1.76. The lowest BCUT2D eigenvalue weighted by Gasteiger charge is -2.24. The van der Waals surface area contributed by atoms with Gasteiger partial charge in [0.15, 0.2) is 0 Å². The molecule has 92 valence electrons. The second-order valence-corrected chi connectivity index (χ2v) is 5.76. The molecule has 0 spiro atoms. The molecule has 0 aromatic heterocycles. The van der Waals surface area contributed by atoms with Crippen LogP contribution in [0.5, 0.6) is 0 Å². The minimum absolute atomic E-state index is 0.432. The van der Waals surface area contributed by atoms with Crippen LogP contribution in [-0.4, -0.2) is 17.8 Å². The molecule has 2 heteroatoms. The molecule has 0 saturated heterocycles. The fourth-order valence-corrected chi connectivity index (χ4v) is 3.09. The lowest BCUT2D eigenvalue weighted by atomic mass is 9.80. The van der Waals surface area contributed by atoms with Crippen LogP contribution in [-0.2, 0) is 11.2 Å². The molecule has 0 radical (unpaired) electrons. The highest BCUT2D eigenvalue weighted by Gasteiger charge is 2.21. The average Bonchev–Trinajstić information content (AvgIpc) is 2.37. The molecular weight excluding hydrogens is 228 g/mol. The summed E-state index contributed by atoms with van der Waals surface area (Å²) in [6, 6.07) is 8.63. The van der Waals surface area contributed by atoms with Crippen molar-refractivity contribution in [1.29, 1.82) is 0 Å². The van der Waals surface area contributed by atoms with Crippen molar-refractivity contribution in [2.45, 2.75) is 38.0 Å². The molecule has 0 aliphatic heterocycles. The third-order valence-corrected chi connectivity index (χ3v) is 4.17. The molecule has 0 heterocycles. The van der Waals surface area contributed by atoms with Crippen molar-refractivity contribution >= 4 is 17.5 Å². The van der Waals surface area contributed by atoms with E-state index < -0.39 is 0 Å². The number of carbonyl (C=O) groups excluding carboxylic acids is 1. The minimum Gasteiger partial charge on any atom is -0.300 e. The first kappa shape index (κ1) is 12.7. The minimum atomic E-state index is 0.432. The maximum Gasteiger partial charge on any atom is 0.134 e. The average molecular weight is 248 g/mol. The van der Waals surface area contributed by atoms with E-state index in [4.69, 9.17) is 0 Å². The molecule has 0 amide bonds. The molecule has 0 N–H and O–H groups in total. The van der Waals surface area contributed by atoms with E-state index >= 15 is 0 Å². The van der Waals surface area contributed by atoms with Gasteiger partial charge in [0, 0.05) is 12.8 Å². The van der Waals surface area contributed by atoms with Crippen LogP contribution in [0.1, 0.15) is 42.7 Å². The van der Waals surface area contributed by atoms with Gasteiger partial charge >= 0.3 is 0 Å². The first-order chi connectivity index (χ1) is 8.31. The summed E-state index contributed by atoms with van der Waals surface area (Å²) in [5.41, 5.74) is 2.89. The monoisotopic (exact) mass is 248 g/mol. The van der Waals surface area contributed by atoms with Crippen molar-refractivity contribution in [3.63, 3.8) is 0 Å². The van der Waals surface area contributed by atoms with Crippen molar-refractivity contribution in [2.75, 3.05) is 12.0 Å². The lowest BCUT2D eigenvalue weighted by Crippen LogP contribution is -2.14. The van der Waals surface area contributed by atoms with E-state index in [1.165, 1.54) is 30.4 Å². The van der Waals surface area contributed by atoms with Crippen molar-refractivity contribution in [3.8, 4) is 0 Å². The number of thioether (sulfide) groups is 1. The van der Waals surface area contributed by atoms with E-state index in [9.17, 15) is 4.79 Å². The topological polar surface area (TPSA) is 17.1 Å². The first-order valence-electron chi connectivity index (χ1n) is 6.39. The van der Waals surface area contributed by atoms with Crippen LogP contribution in [0.15, 0.2) is 24.3 Å². The standard InChI is InChI=1S/C15H20OS/c1-17-10-9-14(16)11-13-7-4-6-12-5-2-3-8-15(12)13/h2-3,5,8,13H,4,6-7,9-11H2,1H3. The van der Waals surface area contributed by atoms with Gasteiger partial charge in [0.05, 0.1) is 0 Å². The van der Waals surface area contributed by atoms with Gasteiger partial charge in [-0.05, 0) is 48.3 Å². The van der Waals surface area contributed by atoms with Crippen LogP contribution >= 0.6 is 11.8 Å². The Balaban J connectivity index is 2.01. The highest BCUT2D eigenvalue weighted by Crippen LogP contribution is 2.34. The van der Waals surface area contributed by atoms with Gasteiger partial charge in [-0.15, -0.1) is 0 Å². The molecule has 17 heavy (non-hydrogen) atoms. The third-order valence-electron chi connectivity index (χ3n) is 3.55. The summed E-state index contributed by atoms with van der Waals surface area (Å²) in [4.78, 5) is 11.9. The van der Waals surface area contributed by atoms with Gasteiger partial charge in [-0.2, -0.15) is 11.8 Å². The summed E-state index contributed by atoms with van der Waals surface area (Å²) in [5, 5.41) is 0. The molecule has 1 nitrogen and oxygen atoms in total. The van der Waals surface area contributed by atoms with Crippen LogP contribution in [0, 0.1) is 0 Å². The largest absolute Gasteiger partial charge is 0.300 e. The predicted molar refractivity (Wildman–Crippen MR) is 74.7 cm³/mol. The fraction of sp³-hybridized carbons (Fsp3) is 0.533. The summed E-state index contributed by atoms with van der Waals surface area (Å²) < 4.78 is 0. The van der Waals surface area contributed by atoms with Crippen molar-refractivity contribution in [3.05, 3.63) is 35.4 Å². The molecule has 1 aromatic rings. The zero-order chi connectivity index (χ0) is 12.1. The number of ketones is 1. The molecule has 1 aromatic carbocycles.